The van der Waals surface area contributed by atoms with E-state index in [-0.39, 0.29) is 0 Å². The van der Waals surface area contributed by atoms with E-state index in [1.807, 2.05) is 13.8 Å². The first-order valence-electron chi connectivity index (χ1n) is 4.88. The first-order valence-corrected chi connectivity index (χ1v) is 4.88. The fourth-order valence-electron chi connectivity index (χ4n) is 1.26. The molecule has 2 rings (SSSR count). The molecule has 1 aliphatic heterocycles. The Labute approximate surface area is 83.3 Å². The van der Waals surface area contributed by atoms with Gasteiger partial charge in [0.05, 0.1) is 11.4 Å². The third-order valence-electron chi connectivity index (χ3n) is 2.51. The van der Waals surface area contributed by atoms with Gasteiger partial charge in [-0.15, -0.1) is 5.10 Å². The summed E-state index contributed by atoms with van der Waals surface area (Å²) in [5.41, 5.74) is 1.83. The lowest BCUT2D eigenvalue weighted by Crippen LogP contribution is -2.45. The number of nitrogens with one attached hydrogen (secondary N) is 2. The normalized spacial score (nSPS) is 16.4. The number of rotatable bonds is 3. The first kappa shape index (κ1) is 9.33. The predicted molar refractivity (Wildman–Crippen MR) is 54.2 cm³/mol. The summed E-state index contributed by atoms with van der Waals surface area (Å²) >= 11 is 0. The van der Waals surface area contributed by atoms with Crippen molar-refractivity contribution in [3.63, 3.8) is 0 Å². The van der Waals surface area contributed by atoms with Crippen LogP contribution in [-0.4, -0.2) is 34.8 Å². The summed E-state index contributed by atoms with van der Waals surface area (Å²) in [6, 6.07) is 0. The molecule has 1 aliphatic rings. The Morgan fingerprint density at radius 2 is 2.07 bits per heavy atom. The van der Waals surface area contributed by atoms with Gasteiger partial charge in [-0.05, 0) is 13.8 Å². The Hall–Kier alpha value is -1.23. The second-order valence-corrected chi connectivity index (χ2v) is 3.71. The molecule has 1 aromatic heterocycles. The fraction of sp³-hybridized carbons (Fsp3) is 0.667. The van der Waals surface area contributed by atoms with Gasteiger partial charge in [0.1, 0.15) is 0 Å². The number of hydrogen-bond donors (Lipinski definition) is 2. The zero-order valence-corrected chi connectivity index (χ0v) is 8.54. The average Bonchev–Trinajstić information content (AvgIpc) is 2.08. The molecule has 1 saturated heterocycles. The third-order valence-corrected chi connectivity index (χ3v) is 2.51. The number of aryl methyl sites for hydroxylation is 2. The lowest BCUT2D eigenvalue weighted by Gasteiger charge is -2.26. The van der Waals surface area contributed by atoms with Crippen LogP contribution in [0.5, 0.6) is 0 Å². The minimum atomic E-state index is 0.639. The molecule has 2 heterocycles. The maximum Gasteiger partial charge on any atom is 0.242 e. The SMILES string of the molecule is Cc1nnc(NCC2CNC2)nc1C. The van der Waals surface area contributed by atoms with Gasteiger partial charge >= 0.3 is 0 Å². The van der Waals surface area contributed by atoms with Gasteiger partial charge in [-0.3, -0.25) is 0 Å². The van der Waals surface area contributed by atoms with Crippen LogP contribution < -0.4 is 10.6 Å². The molecule has 0 amide bonds. The zero-order chi connectivity index (χ0) is 9.97. The molecule has 0 atom stereocenters. The van der Waals surface area contributed by atoms with Crippen molar-refractivity contribution in [1.82, 2.24) is 20.5 Å². The van der Waals surface area contributed by atoms with Crippen LogP contribution in [0.2, 0.25) is 0 Å². The highest BCUT2D eigenvalue weighted by molar-refractivity contribution is 5.24. The molecule has 0 bridgehead atoms. The maximum atomic E-state index is 4.30. The molecule has 2 N–H and O–H groups in total. The Morgan fingerprint density at radius 1 is 1.29 bits per heavy atom. The molecule has 0 saturated carbocycles. The molecule has 76 valence electrons. The van der Waals surface area contributed by atoms with Crippen LogP contribution >= 0.6 is 0 Å². The van der Waals surface area contributed by atoms with E-state index in [1.54, 1.807) is 0 Å². The van der Waals surface area contributed by atoms with E-state index >= 15 is 0 Å². The van der Waals surface area contributed by atoms with Gasteiger partial charge in [-0.25, -0.2) is 4.98 Å². The maximum absolute atomic E-state index is 4.30. The molecule has 1 aromatic rings. The van der Waals surface area contributed by atoms with Crippen molar-refractivity contribution in [2.45, 2.75) is 13.8 Å². The molecular weight excluding hydrogens is 178 g/mol. The van der Waals surface area contributed by atoms with Crippen molar-refractivity contribution in [3.05, 3.63) is 11.4 Å². The van der Waals surface area contributed by atoms with Crippen LogP contribution in [0.3, 0.4) is 0 Å². The van der Waals surface area contributed by atoms with Crippen LogP contribution in [0.4, 0.5) is 5.95 Å². The highest BCUT2D eigenvalue weighted by Gasteiger charge is 2.16. The van der Waals surface area contributed by atoms with Crippen molar-refractivity contribution in [3.8, 4) is 0 Å². The van der Waals surface area contributed by atoms with E-state index in [9.17, 15) is 0 Å². The largest absolute Gasteiger partial charge is 0.353 e. The molecule has 0 spiro atoms. The Balaban J connectivity index is 1.91. The summed E-state index contributed by atoms with van der Waals surface area (Å²) in [6.45, 7) is 6.96. The minimum absolute atomic E-state index is 0.639. The molecular formula is C9H15N5. The zero-order valence-electron chi connectivity index (χ0n) is 8.54. The van der Waals surface area contributed by atoms with Crippen LogP contribution in [0.15, 0.2) is 0 Å². The van der Waals surface area contributed by atoms with Gasteiger partial charge in [0.15, 0.2) is 0 Å². The highest BCUT2D eigenvalue weighted by atomic mass is 15.2. The van der Waals surface area contributed by atoms with Crippen LogP contribution in [-0.2, 0) is 0 Å². The molecule has 0 aliphatic carbocycles. The second kappa shape index (κ2) is 3.88. The number of nitrogens with zero attached hydrogens (tertiary/aromatic N) is 3. The number of hydrogen-bond acceptors (Lipinski definition) is 5. The summed E-state index contributed by atoms with van der Waals surface area (Å²) in [4.78, 5) is 4.30. The standard InChI is InChI=1S/C9H15N5/c1-6-7(2)13-14-9(12-6)11-5-8-3-10-4-8/h8,10H,3-5H2,1-2H3,(H,11,12,14). The molecule has 0 radical (unpaired) electrons. The predicted octanol–water partition coefficient (Wildman–Crippen LogP) is 0.120. The van der Waals surface area contributed by atoms with E-state index in [1.165, 1.54) is 0 Å². The van der Waals surface area contributed by atoms with Crippen molar-refractivity contribution >= 4 is 5.95 Å². The average molecular weight is 193 g/mol. The topological polar surface area (TPSA) is 62.7 Å². The number of aromatic nitrogens is 3. The molecule has 0 unspecified atom stereocenters. The van der Waals surface area contributed by atoms with Crippen molar-refractivity contribution in [2.75, 3.05) is 25.0 Å². The van der Waals surface area contributed by atoms with Crippen LogP contribution in [0.25, 0.3) is 0 Å². The molecule has 5 nitrogen and oxygen atoms in total. The summed E-state index contributed by atoms with van der Waals surface area (Å²) in [7, 11) is 0. The van der Waals surface area contributed by atoms with E-state index < -0.39 is 0 Å². The fourth-order valence-corrected chi connectivity index (χ4v) is 1.26. The van der Waals surface area contributed by atoms with Gasteiger partial charge < -0.3 is 10.6 Å². The summed E-state index contributed by atoms with van der Waals surface area (Å²) < 4.78 is 0. The quantitative estimate of drug-likeness (QED) is 0.714. The number of anilines is 1. The second-order valence-electron chi connectivity index (χ2n) is 3.71. The van der Waals surface area contributed by atoms with E-state index in [0.717, 1.165) is 31.0 Å². The van der Waals surface area contributed by atoms with Gasteiger partial charge in [0, 0.05) is 25.6 Å². The van der Waals surface area contributed by atoms with Crippen molar-refractivity contribution in [1.29, 1.82) is 0 Å². The monoisotopic (exact) mass is 193 g/mol. The van der Waals surface area contributed by atoms with Crippen molar-refractivity contribution in [2.24, 2.45) is 5.92 Å². The summed E-state index contributed by atoms with van der Waals surface area (Å²) in [6.07, 6.45) is 0. The van der Waals surface area contributed by atoms with Crippen molar-refractivity contribution < 1.29 is 0 Å². The van der Waals surface area contributed by atoms with E-state index in [0.29, 0.717) is 11.9 Å². The minimum Gasteiger partial charge on any atom is -0.353 e. The van der Waals surface area contributed by atoms with Gasteiger partial charge in [-0.1, -0.05) is 0 Å². The van der Waals surface area contributed by atoms with Gasteiger partial charge in [0.25, 0.3) is 0 Å². The molecule has 0 aromatic carbocycles. The lowest BCUT2D eigenvalue weighted by molar-refractivity contribution is 0.364. The lowest BCUT2D eigenvalue weighted by atomic mass is 10.0. The molecule has 5 heteroatoms. The first-order chi connectivity index (χ1) is 6.75. The van der Waals surface area contributed by atoms with Gasteiger partial charge in [-0.2, -0.15) is 5.10 Å². The Morgan fingerprint density at radius 3 is 2.64 bits per heavy atom. The molecule has 14 heavy (non-hydrogen) atoms. The Bertz CT molecular complexity index is 321. The van der Waals surface area contributed by atoms with E-state index in [2.05, 4.69) is 25.8 Å². The van der Waals surface area contributed by atoms with E-state index in [4.69, 9.17) is 0 Å². The van der Waals surface area contributed by atoms with Crippen LogP contribution in [0, 0.1) is 19.8 Å². The summed E-state index contributed by atoms with van der Waals surface area (Å²) in [5.74, 6) is 1.35. The molecule has 1 fully saturated rings. The third kappa shape index (κ3) is 1.98. The van der Waals surface area contributed by atoms with Gasteiger partial charge in [0.2, 0.25) is 5.95 Å². The highest BCUT2D eigenvalue weighted by Crippen LogP contribution is 2.05. The summed E-state index contributed by atoms with van der Waals surface area (Å²) in [5, 5.41) is 14.4. The smallest absolute Gasteiger partial charge is 0.242 e. The van der Waals surface area contributed by atoms with Crippen LogP contribution in [0.1, 0.15) is 11.4 Å². The Kier molecular flexibility index (Phi) is 2.58.